The third-order valence-electron chi connectivity index (χ3n) is 4.33. The summed E-state index contributed by atoms with van der Waals surface area (Å²) in [5, 5.41) is 2.17. The molecule has 0 aliphatic carbocycles. The highest BCUT2D eigenvalue weighted by Crippen LogP contribution is 2.33. The second-order valence-corrected chi connectivity index (χ2v) is 6.92. The molecule has 1 fully saturated rings. The standard InChI is InChI=1S/C19H22FNS/c1-3-14-11-19(22-13-14)18-12-17(20)5-4-16(18)10-15-6-8-21(2)9-7-15/h4-5,10-13H,3,6-9H2,1-2H3. The number of piperidine rings is 1. The van der Waals surface area contributed by atoms with Crippen LogP contribution in [0.4, 0.5) is 4.39 Å². The van der Waals surface area contributed by atoms with Crippen LogP contribution in [0.2, 0.25) is 0 Å². The maximum atomic E-state index is 13.7. The van der Waals surface area contributed by atoms with E-state index in [4.69, 9.17) is 0 Å². The van der Waals surface area contributed by atoms with Crippen LogP contribution in [0.1, 0.15) is 30.9 Å². The lowest BCUT2D eigenvalue weighted by atomic mass is 9.98. The van der Waals surface area contributed by atoms with Crippen LogP contribution in [-0.4, -0.2) is 25.0 Å². The number of likely N-dealkylation sites (tertiary alicyclic amines) is 1. The SMILES string of the molecule is CCc1csc(-c2cc(F)ccc2C=C2CCN(C)CC2)c1. The summed E-state index contributed by atoms with van der Waals surface area (Å²) in [6, 6.07) is 7.35. The molecular formula is C19H22FNS. The minimum Gasteiger partial charge on any atom is -0.306 e. The van der Waals surface area contributed by atoms with E-state index in [0.717, 1.165) is 48.4 Å². The summed E-state index contributed by atoms with van der Waals surface area (Å²) in [5.74, 6) is -0.160. The molecule has 22 heavy (non-hydrogen) atoms. The van der Waals surface area contributed by atoms with Crippen LogP contribution in [0, 0.1) is 5.82 Å². The van der Waals surface area contributed by atoms with Gasteiger partial charge in [0.1, 0.15) is 5.82 Å². The fourth-order valence-corrected chi connectivity index (χ4v) is 3.88. The van der Waals surface area contributed by atoms with Crippen molar-refractivity contribution in [1.82, 2.24) is 4.90 Å². The first-order valence-electron chi connectivity index (χ1n) is 7.91. The van der Waals surface area contributed by atoms with E-state index in [1.807, 2.05) is 6.07 Å². The highest BCUT2D eigenvalue weighted by Gasteiger charge is 2.12. The molecular weight excluding hydrogens is 293 g/mol. The van der Waals surface area contributed by atoms with Crippen molar-refractivity contribution in [2.24, 2.45) is 0 Å². The van der Waals surface area contributed by atoms with Gasteiger partial charge in [0.25, 0.3) is 0 Å². The van der Waals surface area contributed by atoms with Gasteiger partial charge in [0.2, 0.25) is 0 Å². The zero-order valence-corrected chi connectivity index (χ0v) is 14.0. The Labute approximate surface area is 136 Å². The van der Waals surface area contributed by atoms with Gasteiger partial charge >= 0.3 is 0 Å². The van der Waals surface area contributed by atoms with Crippen LogP contribution < -0.4 is 0 Å². The van der Waals surface area contributed by atoms with E-state index in [-0.39, 0.29) is 5.82 Å². The van der Waals surface area contributed by atoms with Crippen LogP contribution in [0.25, 0.3) is 16.5 Å². The highest BCUT2D eigenvalue weighted by molar-refractivity contribution is 7.13. The first-order valence-corrected chi connectivity index (χ1v) is 8.79. The molecule has 0 bridgehead atoms. The Morgan fingerprint density at radius 1 is 1.23 bits per heavy atom. The van der Waals surface area contributed by atoms with Gasteiger partial charge in [-0.1, -0.05) is 24.6 Å². The highest BCUT2D eigenvalue weighted by atomic mass is 32.1. The van der Waals surface area contributed by atoms with Crippen molar-refractivity contribution in [3.63, 3.8) is 0 Å². The van der Waals surface area contributed by atoms with Crippen molar-refractivity contribution >= 4 is 17.4 Å². The number of halogens is 1. The molecule has 0 spiro atoms. The van der Waals surface area contributed by atoms with Gasteiger partial charge in [0.05, 0.1) is 0 Å². The maximum Gasteiger partial charge on any atom is 0.123 e. The van der Waals surface area contributed by atoms with E-state index in [1.54, 1.807) is 23.5 Å². The molecule has 1 aliphatic heterocycles. The Morgan fingerprint density at radius 2 is 2.00 bits per heavy atom. The lowest BCUT2D eigenvalue weighted by Crippen LogP contribution is -2.26. The topological polar surface area (TPSA) is 3.24 Å². The molecule has 2 aromatic rings. The first kappa shape index (κ1) is 15.4. The average Bonchev–Trinajstić information content (AvgIpc) is 3.00. The van der Waals surface area contributed by atoms with Crippen LogP contribution in [0.15, 0.2) is 35.2 Å². The van der Waals surface area contributed by atoms with E-state index < -0.39 is 0 Å². The summed E-state index contributed by atoms with van der Waals surface area (Å²) >= 11 is 1.71. The van der Waals surface area contributed by atoms with E-state index in [2.05, 4.69) is 36.4 Å². The van der Waals surface area contributed by atoms with E-state index in [0.29, 0.717) is 0 Å². The van der Waals surface area contributed by atoms with Crippen molar-refractivity contribution < 1.29 is 4.39 Å². The van der Waals surface area contributed by atoms with Gasteiger partial charge in [-0.2, -0.15) is 0 Å². The molecule has 1 nitrogen and oxygen atoms in total. The maximum absolute atomic E-state index is 13.7. The number of benzene rings is 1. The lowest BCUT2D eigenvalue weighted by molar-refractivity contribution is 0.313. The first-order chi connectivity index (χ1) is 10.7. The number of hydrogen-bond acceptors (Lipinski definition) is 2. The van der Waals surface area contributed by atoms with Crippen LogP contribution in [0.5, 0.6) is 0 Å². The van der Waals surface area contributed by atoms with Crippen LogP contribution >= 0.6 is 11.3 Å². The van der Waals surface area contributed by atoms with E-state index in [1.165, 1.54) is 11.1 Å². The zero-order valence-electron chi connectivity index (χ0n) is 13.2. The lowest BCUT2D eigenvalue weighted by Gasteiger charge is -2.24. The second kappa shape index (κ2) is 6.76. The molecule has 0 radical (unpaired) electrons. The van der Waals surface area contributed by atoms with Crippen molar-refractivity contribution in [3.05, 3.63) is 52.2 Å². The molecule has 3 heteroatoms. The molecule has 116 valence electrons. The summed E-state index contributed by atoms with van der Waals surface area (Å²) in [6.07, 6.45) is 5.51. The van der Waals surface area contributed by atoms with Gasteiger partial charge < -0.3 is 4.90 Å². The molecule has 0 amide bonds. The summed E-state index contributed by atoms with van der Waals surface area (Å²) in [7, 11) is 2.16. The second-order valence-electron chi connectivity index (χ2n) is 6.01. The summed E-state index contributed by atoms with van der Waals surface area (Å²) in [4.78, 5) is 3.52. The fraction of sp³-hybridized carbons (Fsp3) is 0.368. The van der Waals surface area contributed by atoms with Crippen LogP contribution in [0.3, 0.4) is 0 Å². The number of aryl methyl sites for hydroxylation is 1. The summed E-state index contributed by atoms with van der Waals surface area (Å²) < 4.78 is 13.7. The molecule has 2 heterocycles. The number of nitrogens with zero attached hydrogens (tertiary/aromatic N) is 1. The quantitative estimate of drug-likeness (QED) is 0.750. The van der Waals surface area contributed by atoms with Gasteiger partial charge in [-0.25, -0.2) is 4.39 Å². The Hall–Kier alpha value is -1.45. The minimum atomic E-state index is -0.160. The van der Waals surface area contributed by atoms with Gasteiger partial charge in [0, 0.05) is 23.5 Å². The monoisotopic (exact) mass is 315 g/mol. The summed E-state index contributed by atoms with van der Waals surface area (Å²) in [6.45, 7) is 4.38. The van der Waals surface area contributed by atoms with Crippen molar-refractivity contribution in [2.75, 3.05) is 20.1 Å². The fourth-order valence-electron chi connectivity index (χ4n) is 2.84. The van der Waals surface area contributed by atoms with Crippen molar-refractivity contribution in [2.45, 2.75) is 26.2 Å². The molecule has 1 aromatic heterocycles. The molecule has 0 atom stereocenters. The predicted octanol–water partition coefficient (Wildman–Crippen LogP) is 5.23. The minimum absolute atomic E-state index is 0.160. The number of thiophene rings is 1. The zero-order chi connectivity index (χ0) is 15.5. The smallest absolute Gasteiger partial charge is 0.123 e. The number of rotatable bonds is 3. The average molecular weight is 315 g/mol. The van der Waals surface area contributed by atoms with Crippen LogP contribution in [-0.2, 0) is 6.42 Å². The van der Waals surface area contributed by atoms with E-state index in [9.17, 15) is 4.39 Å². The summed E-state index contributed by atoms with van der Waals surface area (Å²) in [5.41, 5.74) is 4.96. The third kappa shape index (κ3) is 3.47. The van der Waals surface area contributed by atoms with Gasteiger partial charge in [-0.3, -0.25) is 0 Å². The Balaban J connectivity index is 1.96. The molecule has 1 saturated heterocycles. The Morgan fingerprint density at radius 3 is 2.68 bits per heavy atom. The van der Waals surface area contributed by atoms with Gasteiger partial charge in [-0.15, -0.1) is 11.3 Å². The largest absolute Gasteiger partial charge is 0.306 e. The predicted molar refractivity (Wildman–Crippen MR) is 93.8 cm³/mol. The Kier molecular flexibility index (Phi) is 4.74. The van der Waals surface area contributed by atoms with E-state index >= 15 is 0 Å². The molecule has 1 aromatic carbocycles. The molecule has 1 aliphatic rings. The van der Waals surface area contributed by atoms with Gasteiger partial charge in [-0.05, 0) is 61.0 Å². The van der Waals surface area contributed by atoms with Crippen molar-refractivity contribution in [1.29, 1.82) is 0 Å². The third-order valence-corrected chi connectivity index (χ3v) is 5.34. The molecule has 0 N–H and O–H groups in total. The Bertz CT molecular complexity index is 676. The van der Waals surface area contributed by atoms with Gasteiger partial charge in [0.15, 0.2) is 0 Å². The number of hydrogen-bond donors (Lipinski definition) is 0. The molecule has 0 unspecified atom stereocenters. The molecule has 0 saturated carbocycles. The van der Waals surface area contributed by atoms with Crippen molar-refractivity contribution in [3.8, 4) is 10.4 Å². The normalized spacial score (nSPS) is 16.0. The molecule has 3 rings (SSSR count).